The van der Waals surface area contributed by atoms with E-state index in [1.54, 1.807) is 121 Å². The van der Waals surface area contributed by atoms with Gasteiger partial charge >= 0.3 is 6.36 Å². The van der Waals surface area contributed by atoms with Gasteiger partial charge < -0.3 is 68.5 Å². The first-order valence-electron chi connectivity index (χ1n) is 23.7. The Hall–Kier alpha value is -8.98. The molecule has 1 heterocycles. The van der Waals surface area contributed by atoms with E-state index in [1.807, 2.05) is 43.3 Å². The minimum Gasteiger partial charge on any atom is -0.699 e. The zero-order valence-electron chi connectivity index (χ0n) is 42.0. The van der Waals surface area contributed by atoms with E-state index in [9.17, 15) is 27.6 Å². The summed E-state index contributed by atoms with van der Waals surface area (Å²) in [6.45, 7) is 6.27. The molecule has 17 nitrogen and oxygen atoms in total. The molecule has 3 amide bonds. The molecule has 7 aromatic rings. The van der Waals surface area contributed by atoms with Gasteiger partial charge in [0.1, 0.15) is 30.5 Å². The van der Waals surface area contributed by atoms with E-state index in [2.05, 4.69) is 25.6 Å². The summed E-state index contributed by atoms with van der Waals surface area (Å²) in [6, 6.07) is 46.4. The first-order chi connectivity index (χ1) is 36.4. The molecule has 20 heteroatoms. The van der Waals surface area contributed by atoms with Gasteiger partial charge in [-0.1, -0.05) is 30.3 Å². The van der Waals surface area contributed by atoms with Crippen LogP contribution in [0.15, 0.2) is 170 Å². The highest BCUT2D eigenvalue weighted by Crippen LogP contribution is 2.24. The summed E-state index contributed by atoms with van der Waals surface area (Å²) >= 11 is 0. The molecule has 1 fully saturated rings. The highest BCUT2D eigenvalue weighted by atomic mass is 19.4. The van der Waals surface area contributed by atoms with E-state index in [0.29, 0.717) is 81.3 Å². The Bertz CT molecular complexity index is 2870. The quantitative estimate of drug-likeness (QED) is 0.0472. The van der Waals surface area contributed by atoms with Crippen molar-refractivity contribution in [2.75, 3.05) is 106 Å². The monoisotopic (exact) mass is 1040 g/mol. The summed E-state index contributed by atoms with van der Waals surface area (Å²) in [5.41, 5.74) is 35.3. The summed E-state index contributed by atoms with van der Waals surface area (Å²) < 4.78 is 56.9. The second-order valence-electron chi connectivity index (χ2n) is 16.9. The van der Waals surface area contributed by atoms with Crippen LogP contribution >= 0.6 is 0 Å². The number of nitrogens with one attached hydrogen (secondary N) is 4. The number of alkyl halides is 3. The number of likely N-dealkylation sites (N-methyl/N-ethyl adjacent to an activating group) is 1. The maximum absolute atomic E-state index is 12.4. The van der Waals surface area contributed by atoms with Crippen molar-refractivity contribution in [3.63, 3.8) is 0 Å². The second-order valence-corrected chi connectivity index (χ2v) is 16.9. The zero-order chi connectivity index (χ0) is 54.9. The number of benzene rings is 7. The number of hydrogen-bond acceptors (Lipinski definition) is 13. The lowest BCUT2D eigenvalue weighted by Crippen LogP contribution is -2.38. The average molecular weight is 1040 g/mol. The molecule has 0 aromatic heterocycles. The highest BCUT2D eigenvalue weighted by Gasteiger charge is 2.31. The van der Waals surface area contributed by atoms with Gasteiger partial charge in [0, 0.05) is 82.7 Å². The van der Waals surface area contributed by atoms with Crippen LogP contribution < -0.4 is 53.1 Å². The molecule has 1 aliphatic rings. The van der Waals surface area contributed by atoms with Gasteiger partial charge in [-0.05, 0) is 154 Å². The molecule has 12 N–H and O–H groups in total. The Balaban J connectivity index is 0.000000196. The van der Waals surface area contributed by atoms with Gasteiger partial charge in [0.15, 0.2) is 0 Å². The average Bonchev–Trinajstić information content (AvgIpc) is 3.40. The normalized spacial score (nSPS) is 11.9. The van der Waals surface area contributed by atoms with Crippen molar-refractivity contribution >= 4 is 63.2 Å². The van der Waals surface area contributed by atoms with Crippen LogP contribution in [0.4, 0.5) is 58.7 Å². The number of hydrogen-bond donors (Lipinski definition) is 7. The maximum Gasteiger partial charge on any atom is 0.573 e. The molecule has 0 radical (unpaired) electrons. The third-order valence-electron chi connectivity index (χ3n) is 10.5. The van der Waals surface area contributed by atoms with Crippen LogP contribution in [0, 0.1) is 0 Å². The van der Waals surface area contributed by atoms with Crippen LogP contribution in [0.5, 0.6) is 17.2 Å². The smallest absolute Gasteiger partial charge is 0.573 e. The second kappa shape index (κ2) is 29.7. The van der Waals surface area contributed by atoms with E-state index in [0.717, 1.165) is 51.5 Å². The van der Waals surface area contributed by atoms with E-state index in [-0.39, 0.29) is 17.4 Å². The summed E-state index contributed by atoms with van der Waals surface area (Å²) in [7, 11) is 3.97. The van der Waals surface area contributed by atoms with Crippen LogP contribution in [0.2, 0.25) is 0 Å². The Morgan fingerprint density at radius 2 is 0.908 bits per heavy atom. The van der Waals surface area contributed by atoms with Gasteiger partial charge in [0.2, 0.25) is 0 Å². The number of nitrogens with two attached hydrogens (primary N) is 4. The highest BCUT2D eigenvalue weighted by molar-refractivity contribution is 6.06. The Morgan fingerprint density at radius 1 is 0.553 bits per heavy atom. The van der Waals surface area contributed by atoms with E-state index in [4.69, 9.17) is 42.9 Å². The predicted octanol–water partition coefficient (Wildman–Crippen LogP) is 10.1. The first-order valence-corrected chi connectivity index (χ1v) is 23.7. The fraction of sp³-hybridized carbons (Fsp3) is 0.196. The number of nitrogens with zero attached hydrogens (tertiary/aromatic N) is 2. The van der Waals surface area contributed by atoms with Crippen molar-refractivity contribution in [3.05, 3.63) is 192 Å². The third kappa shape index (κ3) is 22.0. The van der Waals surface area contributed by atoms with Crippen molar-refractivity contribution in [2.24, 2.45) is 0 Å². The molecule has 76 heavy (non-hydrogen) atoms. The van der Waals surface area contributed by atoms with Crippen LogP contribution in [-0.2, 0) is 4.74 Å². The lowest BCUT2D eigenvalue weighted by molar-refractivity contribution is -0.274. The first kappa shape index (κ1) is 57.9. The molecule has 0 bridgehead atoms. The number of ether oxygens (including phenoxy) is 4. The minimum absolute atomic E-state index is 0.0496. The summed E-state index contributed by atoms with van der Waals surface area (Å²) in [6.07, 6.45) is -4.80. The van der Waals surface area contributed by atoms with Crippen molar-refractivity contribution in [2.45, 2.75) is 6.36 Å². The number of rotatable bonds is 15. The molecule has 8 rings (SSSR count). The summed E-state index contributed by atoms with van der Waals surface area (Å²) in [5, 5.41) is 8.22. The number of morpholine rings is 1. The lowest BCUT2D eigenvalue weighted by atomic mass is 10.2. The van der Waals surface area contributed by atoms with Crippen molar-refractivity contribution < 1.29 is 46.5 Å². The summed E-state index contributed by atoms with van der Waals surface area (Å²) in [5.74, 6) is 0.0242. The Kier molecular flexibility index (Phi) is 22.6. The van der Waals surface area contributed by atoms with Gasteiger partial charge in [-0.3, -0.25) is 19.3 Å². The molecule has 0 aliphatic carbocycles. The standard InChI is InChI=1S/C19H23N3O3.C17H21N3O2.C14H11F3N2O2.C6H7N2/c20-16-4-6-17(7-5-16)21-19(23)15-2-1-3-18(14-15)25-13-10-22-8-11-24-12-9-22;1-20(2)10-11-22-16-5-3-4-13(12-16)17(21)19-15-8-6-14(18)7-9-15;15-14(16,17)21-12-3-1-2-9(8-12)13(20)19-11-6-4-10(18)5-7-11;7-5-1-2-6(8)4-3-5/h1-7,14H,8-13,20H2,(H,21,23);3-9,12H,10-11,18H2,1-2H3,(H,19,21);1-8H,18H2,(H,19,20);1-4,7H,8H2/q;;;-1. The van der Waals surface area contributed by atoms with E-state index < -0.39 is 18.0 Å². The Morgan fingerprint density at radius 3 is 1.28 bits per heavy atom. The maximum atomic E-state index is 12.4. The number of carbonyl (C=O) groups excluding carboxylic acids is 3. The SMILES string of the molecule is CN(C)CCOc1cccc(C(=O)Nc2ccc(N)cc2)c1.Nc1ccc(NC(=O)c2cccc(OC(F)(F)F)c2)cc1.Nc1ccc(NC(=O)c2cccc(OCCN3CCOCC3)c2)cc1.[NH-]c1ccc(N)cc1. The van der Waals surface area contributed by atoms with E-state index >= 15 is 0 Å². The molecule has 7 aromatic carbocycles. The molecule has 0 unspecified atom stereocenters. The fourth-order valence-electron chi connectivity index (χ4n) is 6.54. The number of anilines is 7. The van der Waals surface area contributed by atoms with Gasteiger partial charge in [-0.15, -0.1) is 18.9 Å². The molecule has 0 saturated carbocycles. The zero-order valence-corrected chi connectivity index (χ0v) is 42.0. The van der Waals surface area contributed by atoms with Crippen LogP contribution in [0.1, 0.15) is 31.1 Å². The van der Waals surface area contributed by atoms with Crippen LogP contribution in [0.25, 0.3) is 5.73 Å². The molecule has 400 valence electrons. The number of carbonyl (C=O) groups is 3. The topological polar surface area (TPSA) is 259 Å². The number of amides is 3. The third-order valence-corrected chi connectivity index (χ3v) is 10.5. The predicted molar refractivity (Wildman–Crippen MR) is 294 cm³/mol. The number of nitrogen functional groups attached to an aromatic ring is 4. The summed E-state index contributed by atoms with van der Waals surface area (Å²) in [4.78, 5) is 40.9. The van der Waals surface area contributed by atoms with Gasteiger partial charge in [0.05, 0.1) is 13.2 Å². The van der Waals surface area contributed by atoms with Gasteiger partial charge in [0.25, 0.3) is 17.7 Å². The van der Waals surface area contributed by atoms with Crippen molar-refractivity contribution in [3.8, 4) is 17.2 Å². The van der Waals surface area contributed by atoms with E-state index in [1.165, 1.54) is 12.1 Å². The van der Waals surface area contributed by atoms with Crippen LogP contribution in [0.3, 0.4) is 0 Å². The van der Waals surface area contributed by atoms with Crippen molar-refractivity contribution in [1.82, 2.24) is 9.80 Å². The number of halogens is 3. The largest absolute Gasteiger partial charge is 0.699 e. The minimum atomic E-state index is -4.80. The Labute approximate surface area is 439 Å². The molecular formula is C56H62F3N10O7-. The molecule has 0 spiro atoms. The fourth-order valence-corrected chi connectivity index (χ4v) is 6.54. The lowest BCUT2D eigenvalue weighted by Gasteiger charge is -2.26. The van der Waals surface area contributed by atoms with Gasteiger partial charge in [-0.25, -0.2) is 0 Å². The molecule has 1 aliphatic heterocycles. The van der Waals surface area contributed by atoms with Gasteiger partial charge in [-0.2, -0.15) is 0 Å². The van der Waals surface area contributed by atoms with Crippen LogP contribution in [-0.4, -0.2) is 101 Å². The molecular weight excluding hydrogens is 982 g/mol. The van der Waals surface area contributed by atoms with Crippen molar-refractivity contribution in [1.29, 1.82) is 0 Å². The molecule has 0 atom stereocenters. The molecule has 1 saturated heterocycles.